The third-order valence-corrected chi connectivity index (χ3v) is 4.53. The molecule has 0 aliphatic rings. The summed E-state index contributed by atoms with van der Waals surface area (Å²) < 4.78 is 0. The van der Waals surface area contributed by atoms with Crippen molar-refractivity contribution in [3.05, 3.63) is 0 Å². The monoisotopic (exact) mass is 352 g/mol. The first-order valence-electron chi connectivity index (χ1n) is 6.26. The maximum atomic E-state index is 11.3. The molecule has 0 aliphatic carbocycles. The fraction of sp³-hybridized carbons (Fsp3) is 0.600. The van der Waals surface area contributed by atoms with Crippen LogP contribution >= 0.6 is 21.6 Å². The van der Waals surface area contributed by atoms with Crippen molar-refractivity contribution in [3.8, 4) is 0 Å². The van der Waals surface area contributed by atoms with E-state index in [0.717, 1.165) is 0 Å². The van der Waals surface area contributed by atoms with Gasteiger partial charge in [-0.15, -0.1) is 0 Å². The van der Waals surface area contributed by atoms with Crippen molar-refractivity contribution < 1.29 is 19.2 Å². The topological polar surface area (TPSA) is 168 Å². The highest BCUT2D eigenvalue weighted by molar-refractivity contribution is 8.76. The first-order valence-corrected chi connectivity index (χ1v) is 8.75. The zero-order chi connectivity index (χ0) is 16.8. The van der Waals surface area contributed by atoms with E-state index in [1.54, 1.807) is 0 Å². The smallest absolute Gasteiger partial charge is 0.253 e. The van der Waals surface area contributed by atoms with Crippen molar-refractivity contribution in [3.63, 3.8) is 0 Å². The molecule has 0 rings (SSSR count). The van der Waals surface area contributed by atoms with Gasteiger partial charge < -0.3 is 10.6 Å². The van der Waals surface area contributed by atoms with Gasteiger partial charge in [-0.25, -0.2) is 11.7 Å². The minimum atomic E-state index is -0.468. The van der Waals surface area contributed by atoms with Crippen LogP contribution in [0.4, 0.5) is 0 Å². The normalized spacial score (nSPS) is 9.73. The molecule has 4 amide bonds. The van der Waals surface area contributed by atoms with Crippen LogP contribution in [-0.2, 0) is 19.2 Å². The predicted molar refractivity (Wildman–Crippen MR) is 84.8 cm³/mol. The molecule has 0 aromatic heterocycles. The second-order valence-electron chi connectivity index (χ2n) is 3.83. The molecule has 0 aromatic carbocycles. The Kier molecular flexibility index (Phi) is 12.3. The van der Waals surface area contributed by atoms with Gasteiger partial charge in [-0.05, 0) is 0 Å². The average Bonchev–Trinajstić information content (AvgIpc) is 2.53. The van der Waals surface area contributed by atoms with Crippen LogP contribution in [0, 0.1) is 0 Å². The van der Waals surface area contributed by atoms with E-state index < -0.39 is 11.8 Å². The molecule has 0 saturated carbocycles. The summed E-state index contributed by atoms with van der Waals surface area (Å²) in [4.78, 5) is 44.2. The van der Waals surface area contributed by atoms with Gasteiger partial charge in [0.2, 0.25) is 11.8 Å². The molecule has 0 heterocycles. The lowest BCUT2D eigenvalue weighted by Gasteiger charge is -2.05. The van der Waals surface area contributed by atoms with Crippen LogP contribution in [-0.4, -0.2) is 48.2 Å². The van der Waals surface area contributed by atoms with Crippen LogP contribution < -0.4 is 33.2 Å². The maximum Gasteiger partial charge on any atom is 0.253 e. The molecule has 0 saturated heterocycles. The third kappa shape index (κ3) is 12.3. The van der Waals surface area contributed by atoms with E-state index in [4.69, 9.17) is 11.7 Å². The molecule has 0 fully saturated rings. The van der Waals surface area contributed by atoms with E-state index in [1.807, 2.05) is 10.9 Å². The largest absolute Gasteiger partial charge is 0.347 e. The maximum absolute atomic E-state index is 11.3. The molecule has 0 radical (unpaired) electrons. The van der Waals surface area contributed by atoms with Crippen LogP contribution in [0.1, 0.15) is 12.8 Å². The average molecular weight is 352 g/mol. The minimum Gasteiger partial charge on any atom is -0.347 e. The number of nitrogens with one attached hydrogen (secondary N) is 4. The molecule has 0 atom stereocenters. The standard InChI is InChI=1S/C10H20N6O4S2/c11-15-9(19)5-13-7(17)1-3-21-22-4-2-8(18)14-6-10(20)16-12/h1-6,11-12H2,(H,13,17)(H,14,18)(H,15,19)(H,16,20). The van der Waals surface area contributed by atoms with Gasteiger partial charge in [-0.2, -0.15) is 0 Å². The second kappa shape index (κ2) is 13.2. The number of hydrogen-bond acceptors (Lipinski definition) is 8. The number of hydrogen-bond donors (Lipinski definition) is 6. The fourth-order valence-electron chi connectivity index (χ4n) is 1.02. The molecule has 8 N–H and O–H groups in total. The third-order valence-electron chi connectivity index (χ3n) is 2.12. The van der Waals surface area contributed by atoms with E-state index >= 15 is 0 Å². The Labute approximate surface area is 135 Å². The first-order chi connectivity index (χ1) is 10.5. The number of nitrogens with two attached hydrogens (primary N) is 2. The molecular weight excluding hydrogens is 332 g/mol. The Morgan fingerprint density at radius 3 is 1.36 bits per heavy atom. The molecule has 0 aliphatic heterocycles. The Morgan fingerprint density at radius 2 is 1.05 bits per heavy atom. The lowest BCUT2D eigenvalue weighted by molar-refractivity contribution is -0.125. The molecule has 22 heavy (non-hydrogen) atoms. The van der Waals surface area contributed by atoms with Crippen molar-refractivity contribution in [2.45, 2.75) is 12.8 Å². The summed E-state index contributed by atoms with van der Waals surface area (Å²) in [6.45, 7) is -0.298. The van der Waals surface area contributed by atoms with E-state index in [-0.39, 0.29) is 37.7 Å². The lowest BCUT2D eigenvalue weighted by atomic mass is 10.4. The lowest BCUT2D eigenvalue weighted by Crippen LogP contribution is -2.40. The Balaban J connectivity index is 3.46. The van der Waals surface area contributed by atoms with Gasteiger partial charge in [0.1, 0.15) is 0 Å². The van der Waals surface area contributed by atoms with Crippen LogP contribution in [0.5, 0.6) is 0 Å². The quantitative estimate of drug-likeness (QED) is 0.0771. The molecule has 12 heteroatoms. The molecule has 0 unspecified atom stereocenters. The van der Waals surface area contributed by atoms with Crippen molar-refractivity contribution >= 4 is 45.2 Å². The van der Waals surface area contributed by atoms with Gasteiger partial charge in [0, 0.05) is 24.3 Å². The summed E-state index contributed by atoms with van der Waals surface area (Å²) in [5.74, 6) is 9.40. The van der Waals surface area contributed by atoms with Crippen molar-refractivity contribution in [2.75, 3.05) is 24.6 Å². The Bertz CT molecular complexity index is 360. The minimum absolute atomic E-state index is 0.149. The fourth-order valence-corrected chi connectivity index (χ4v) is 3.00. The highest BCUT2D eigenvalue weighted by Gasteiger charge is 2.06. The molecule has 0 bridgehead atoms. The van der Waals surface area contributed by atoms with E-state index in [0.29, 0.717) is 11.5 Å². The van der Waals surface area contributed by atoms with Crippen molar-refractivity contribution in [2.24, 2.45) is 11.7 Å². The number of hydrazine groups is 2. The molecule has 0 aromatic rings. The van der Waals surface area contributed by atoms with Crippen LogP contribution in [0.2, 0.25) is 0 Å². The SMILES string of the molecule is NNC(=O)CNC(=O)CCSSCCC(=O)NCC(=O)NN. The first kappa shape index (κ1) is 20.5. The molecule has 0 spiro atoms. The Morgan fingerprint density at radius 1 is 0.682 bits per heavy atom. The number of rotatable bonds is 11. The summed E-state index contributed by atoms with van der Waals surface area (Å²) in [6.07, 6.45) is 0.525. The summed E-state index contributed by atoms with van der Waals surface area (Å²) >= 11 is 0. The highest BCUT2D eigenvalue weighted by atomic mass is 33.1. The highest BCUT2D eigenvalue weighted by Crippen LogP contribution is 2.22. The van der Waals surface area contributed by atoms with Gasteiger partial charge in [-0.3, -0.25) is 30.0 Å². The van der Waals surface area contributed by atoms with Crippen LogP contribution in [0.3, 0.4) is 0 Å². The summed E-state index contributed by atoms with van der Waals surface area (Å²) in [5.41, 5.74) is 3.81. The zero-order valence-electron chi connectivity index (χ0n) is 11.8. The molecule has 10 nitrogen and oxygen atoms in total. The second-order valence-corrected chi connectivity index (χ2v) is 6.53. The van der Waals surface area contributed by atoms with Crippen molar-refractivity contribution in [1.29, 1.82) is 0 Å². The van der Waals surface area contributed by atoms with E-state index in [2.05, 4.69) is 10.6 Å². The predicted octanol–water partition coefficient (Wildman–Crippen LogP) is -2.64. The van der Waals surface area contributed by atoms with Gasteiger partial charge in [-0.1, -0.05) is 21.6 Å². The van der Waals surface area contributed by atoms with Gasteiger partial charge >= 0.3 is 0 Å². The van der Waals surface area contributed by atoms with E-state index in [9.17, 15) is 19.2 Å². The van der Waals surface area contributed by atoms with Gasteiger partial charge in [0.25, 0.3) is 11.8 Å². The van der Waals surface area contributed by atoms with Gasteiger partial charge in [0.05, 0.1) is 13.1 Å². The number of carbonyl (C=O) groups excluding carboxylic acids is 4. The summed E-state index contributed by atoms with van der Waals surface area (Å²) in [5, 5.41) is 4.82. The molecular formula is C10H20N6O4S2. The van der Waals surface area contributed by atoms with E-state index in [1.165, 1.54) is 21.6 Å². The summed E-state index contributed by atoms with van der Waals surface area (Å²) in [7, 11) is 2.89. The number of amides is 4. The van der Waals surface area contributed by atoms with Gasteiger partial charge in [0.15, 0.2) is 0 Å². The van der Waals surface area contributed by atoms with Crippen molar-refractivity contribution in [1.82, 2.24) is 21.5 Å². The number of carbonyl (C=O) groups is 4. The van der Waals surface area contributed by atoms with Crippen LogP contribution in [0.15, 0.2) is 0 Å². The Hall–Kier alpha value is -1.50. The zero-order valence-corrected chi connectivity index (χ0v) is 13.5. The molecule has 126 valence electrons. The van der Waals surface area contributed by atoms with Crippen LogP contribution in [0.25, 0.3) is 0 Å². The summed E-state index contributed by atoms with van der Waals surface area (Å²) in [6, 6.07) is 0.